The fraction of sp³-hybridized carbons (Fsp3) is 0.605. The molecule has 12 N–H and O–H groups in total. The average molecular weight is 1020 g/mol. The van der Waals surface area contributed by atoms with Gasteiger partial charge in [-0.2, -0.15) is 0 Å². The van der Waals surface area contributed by atoms with Crippen molar-refractivity contribution in [3.8, 4) is 0 Å². The van der Waals surface area contributed by atoms with Crippen LogP contribution in [0.3, 0.4) is 0 Å². The van der Waals surface area contributed by atoms with Gasteiger partial charge < -0.3 is 67.2 Å². The Labute approximate surface area is 411 Å². The van der Waals surface area contributed by atoms with Crippen molar-refractivity contribution in [2.75, 3.05) is 39.3 Å². The number of fused-ring (bicyclic) bond motifs is 2. The Morgan fingerprint density at radius 1 is 0.694 bits per heavy atom. The van der Waals surface area contributed by atoms with Crippen molar-refractivity contribution >= 4 is 65.5 Å². The fourth-order valence-electron chi connectivity index (χ4n) is 7.96. The average Bonchev–Trinajstić information content (AvgIpc) is 3.86. The van der Waals surface area contributed by atoms with Crippen LogP contribution in [0.2, 0.25) is 0 Å². The second-order valence-corrected chi connectivity index (χ2v) is 17.5. The first-order valence-electron chi connectivity index (χ1n) is 22.9. The number of carbonyl (C=O) groups excluding carboxylic acids is 4. The predicted octanol–water partition coefficient (Wildman–Crippen LogP) is -3.14. The third kappa shape index (κ3) is 18.6. The number of hydrogen-bond acceptors (Lipinski definition) is 13. The zero-order valence-electron chi connectivity index (χ0n) is 40.0. The predicted molar refractivity (Wildman–Crippen MR) is 241 cm³/mol. The van der Waals surface area contributed by atoms with Gasteiger partial charge in [-0.05, 0) is 58.4 Å². The lowest BCUT2D eigenvalue weighted by molar-refractivity contribution is -0.715. The number of carboxylic acids is 7. The number of nitrogens with one attached hydrogen (secondary N) is 3. The summed E-state index contributed by atoms with van der Waals surface area (Å²) in [5, 5.41) is 72.2. The summed E-state index contributed by atoms with van der Waals surface area (Å²) in [6.07, 6.45) is 7.82. The lowest BCUT2D eigenvalue weighted by atomic mass is 9.98. The molecule has 0 radical (unpaired) electrons. The van der Waals surface area contributed by atoms with Crippen LogP contribution in [0, 0.1) is 0 Å². The van der Waals surface area contributed by atoms with Gasteiger partial charge >= 0.3 is 47.8 Å². The maximum Gasteiger partial charge on any atom is 0.326 e. The van der Waals surface area contributed by atoms with Crippen LogP contribution in [-0.2, 0) is 86.2 Å². The van der Waals surface area contributed by atoms with E-state index in [1.807, 2.05) is 33.2 Å². The maximum atomic E-state index is 13.5. The Kier molecular flexibility index (Phi) is 22.5. The molecule has 2 aromatic heterocycles. The number of nitrogens with zero attached hydrogens (tertiary/aromatic N) is 7. The molecule has 0 saturated heterocycles. The Bertz CT molecular complexity index is 2290. The number of rotatable bonds is 31. The summed E-state index contributed by atoms with van der Waals surface area (Å²) in [6, 6.07) is -5.06. The largest absolute Gasteiger partial charge is 0.481 e. The summed E-state index contributed by atoms with van der Waals surface area (Å²) < 4.78 is 7.08. The van der Waals surface area contributed by atoms with E-state index in [0.29, 0.717) is 53.8 Å². The first kappa shape index (κ1) is 58.6. The van der Waals surface area contributed by atoms with E-state index >= 15 is 0 Å². The Morgan fingerprint density at radius 3 is 1.78 bits per heavy atom. The van der Waals surface area contributed by atoms with E-state index in [0.717, 1.165) is 0 Å². The van der Waals surface area contributed by atoms with Crippen molar-refractivity contribution in [1.29, 1.82) is 0 Å². The van der Waals surface area contributed by atoms with Crippen LogP contribution in [0.4, 0.5) is 4.79 Å². The zero-order chi connectivity index (χ0) is 53.9. The number of aromatic nitrogens is 4. The second kappa shape index (κ2) is 27.6. The number of nitrogens with two attached hydrogens (primary N) is 1. The maximum absolute atomic E-state index is 13.5. The molecule has 2 aromatic rings. The van der Waals surface area contributed by atoms with Gasteiger partial charge in [0.1, 0.15) is 88.2 Å². The summed E-state index contributed by atoms with van der Waals surface area (Å²) in [4.78, 5) is 136. The van der Waals surface area contributed by atoms with Gasteiger partial charge in [0.05, 0.1) is 6.04 Å². The number of unbranched alkanes of at least 4 members (excludes halogenated alkanes) is 2. The van der Waals surface area contributed by atoms with Crippen molar-refractivity contribution in [3.05, 3.63) is 36.4 Å². The minimum absolute atomic E-state index is 0.0877. The second-order valence-electron chi connectivity index (χ2n) is 17.5. The van der Waals surface area contributed by atoms with Gasteiger partial charge in [-0.3, -0.25) is 43.3 Å². The molecule has 4 atom stereocenters. The fourth-order valence-corrected chi connectivity index (χ4v) is 7.96. The van der Waals surface area contributed by atoms with Crippen molar-refractivity contribution < 1.29 is 97.6 Å². The molecule has 398 valence electrons. The van der Waals surface area contributed by atoms with Crippen LogP contribution in [0.5, 0.6) is 0 Å². The topological polar surface area (TPSA) is 419 Å². The van der Waals surface area contributed by atoms with Crippen LogP contribution in [0.25, 0.3) is 0 Å². The summed E-state index contributed by atoms with van der Waals surface area (Å²) >= 11 is 0. The molecule has 3 rings (SSSR count). The molecule has 4 unspecified atom stereocenters. The third-order valence-corrected chi connectivity index (χ3v) is 11.9. The van der Waals surface area contributed by atoms with Gasteiger partial charge in [0.2, 0.25) is 5.91 Å². The highest BCUT2D eigenvalue weighted by Gasteiger charge is 2.41. The third-order valence-electron chi connectivity index (χ3n) is 11.9. The normalized spacial score (nSPS) is 15.7. The van der Waals surface area contributed by atoms with Gasteiger partial charge in [-0.25, -0.2) is 32.7 Å². The lowest BCUT2D eigenvalue weighted by Gasteiger charge is -2.25. The number of urea groups is 1. The first-order valence-corrected chi connectivity index (χ1v) is 22.9. The summed E-state index contributed by atoms with van der Waals surface area (Å²) in [5.74, 6) is -10.7. The molecule has 0 saturated carbocycles. The standard InChI is InChI=1S/C43H63N11O18/c1-3-43(2)26-51-15-14-49(20-32(55)52(22-35(59)60)23-36(61)62)30(51)18-48(19-31-50(16-17-54(31)43)21-33(56)53(24-37(63)64)25-38(65)66)13-7-5-8-27(44)39(67)45-12-6-4-9-28(40(68)69)46-42(72)47-29(41(70)71)10-11-34(57)58/h14-17,27-29H,3-13,18-26,44H2,1-2H3,(H8-2,45,46,47,57,58,59,60,61,62,63,64,65,66,67,68,69,70,71,72)/p+2. The lowest BCUT2D eigenvalue weighted by Crippen LogP contribution is -2.52. The van der Waals surface area contributed by atoms with Crippen molar-refractivity contribution in [2.45, 2.75) is 128 Å². The van der Waals surface area contributed by atoms with E-state index in [9.17, 15) is 83.4 Å². The van der Waals surface area contributed by atoms with E-state index in [-0.39, 0.29) is 45.3 Å². The highest BCUT2D eigenvalue weighted by molar-refractivity contribution is 5.87. The highest BCUT2D eigenvalue weighted by Crippen LogP contribution is 2.26. The highest BCUT2D eigenvalue weighted by atomic mass is 16.4. The number of carbonyl (C=O) groups is 11. The molecule has 3 heterocycles. The van der Waals surface area contributed by atoms with Crippen LogP contribution in [0.1, 0.15) is 83.3 Å². The molecule has 0 spiro atoms. The molecule has 0 bridgehead atoms. The number of aliphatic carboxylic acids is 7. The number of hydrogen-bond donors (Lipinski definition) is 11. The van der Waals surface area contributed by atoms with E-state index in [1.165, 1.54) is 0 Å². The Morgan fingerprint density at radius 2 is 1.24 bits per heavy atom. The van der Waals surface area contributed by atoms with Crippen LogP contribution >= 0.6 is 0 Å². The van der Waals surface area contributed by atoms with Crippen molar-refractivity contribution in [1.82, 2.24) is 39.8 Å². The monoisotopic (exact) mass is 1020 g/mol. The Hall–Kier alpha value is -7.69. The van der Waals surface area contributed by atoms with Gasteiger partial charge in [-0.15, -0.1) is 0 Å². The minimum Gasteiger partial charge on any atom is -0.481 e. The molecule has 0 fully saturated rings. The molecule has 72 heavy (non-hydrogen) atoms. The molecule has 0 aromatic carbocycles. The summed E-state index contributed by atoms with van der Waals surface area (Å²) in [6.45, 7) is 0.726. The van der Waals surface area contributed by atoms with Crippen LogP contribution in [-0.4, -0.2) is 183 Å². The molecule has 29 nitrogen and oxygen atoms in total. The molecule has 5 amide bonds. The Balaban J connectivity index is 1.76. The molecule has 0 aliphatic carbocycles. The van der Waals surface area contributed by atoms with Gasteiger partial charge in [-0.1, -0.05) is 13.3 Å². The van der Waals surface area contributed by atoms with E-state index in [1.54, 1.807) is 33.9 Å². The van der Waals surface area contributed by atoms with Crippen molar-refractivity contribution in [3.63, 3.8) is 0 Å². The van der Waals surface area contributed by atoms with Gasteiger partial charge in [0, 0.05) is 13.0 Å². The van der Waals surface area contributed by atoms with Gasteiger partial charge in [0.25, 0.3) is 23.5 Å². The van der Waals surface area contributed by atoms with Crippen LogP contribution in [0.15, 0.2) is 24.8 Å². The molecule has 1 aliphatic heterocycles. The molecular weight excluding hydrogens is 959 g/mol. The number of imidazole rings is 2. The molecule has 29 heteroatoms. The summed E-state index contributed by atoms with van der Waals surface area (Å²) in [7, 11) is 0. The van der Waals surface area contributed by atoms with E-state index < -0.39 is 141 Å². The molecular formula is C43H65N11O18+2. The van der Waals surface area contributed by atoms with Crippen molar-refractivity contribution in [2.24, 2.45) is 5.73 Å². The van der Waals surface area contributed by atoms with Crippen LogP contribution < -0.4 is 30.8 Å². The van der Waals surface area contributed by atoms with E-state index in [4.69, 9.17) is 10.8 Å². The minimum atomic E-state index is -1.57. The van der Waals surface area contributed by atoms with E-state index in [2.05, 4.69) is 10.6 Å². The molecule has 1 aliphatic rings. The quantitative estimate of drug-likeness (QED) is 0.0262. The SMILES string of the molecule is CCC1(C)C[n+]2ccn(CC(=O)N(CC(=O)O)CC(=O)O)c2CN(CCCCC(N)C(=O)NCCCCC(NC(=O)NC(CCC(=O)O)C(=O)O)C(=O)O)Cc2n1cc[n+]2CC(=O)N(CC(=O)O)CC(=O)O. The smallest absolute Gasteiger partial charge is 0.326 e. The number of carboxylic acid groups (broad SMARTS) is 7. The summed E-state index contributed by atoms with van der Waals surface area (Å²) in [5.41, 5.74) is 5.53. The zero-order valence-corrected chi connectivity index (χ0v) is 40.0. The first-order chi connectivity index (χ1) is 33.8. The number of amides is 5. The van der Waals surface area contributed by atoms with Gasteiger partial charge in [0.15, 0.2) is 13.1 Å².